The van der Waals surface area contributed by atoms with E-state index in [1.54, 1.807) is 32.7 Å². The first-order valence-corrected chi connectivity index (χ1v) is 9.52. The molecule has 3 amide bonds. The van der Waals surface area contributed by atoms with Gasteiger partial charge in [0.1, 0.15) is 5.60 Å². The summed E-state index contributed by atoms with van der Waals surface area (Å²) in [4.78, 5) is 27.7. The van der Waals surface area contributed by atoms with Crippen LogP contribution in [-0.4, -0.2) is 54.2 Å². The number of rotatable bonds is 3. The number of hydrogen-bond acceptors (Lipinski definition) is 3. The molecule has 2 rings (SSSR count). The fraction of sp³-hybridized carbons (Fsp3) is 0.600. The van der Waals surface area contributed by atoms with Crippen LogP contribution in [0, 0.1) is 5.92 Å². The summed E-state index contributed by atoms with van der Waals surface area (Å²) in [5, 5.41) is 2.63. The summed E-state index contributed by atoms with van der Waals surface area (Å²) in [6.45, 7) is 6.86. The van der Waals surface area contributed by atoms with Crippen molar-refractivity contribution in [1.82, 2.24) is 9.80 Å². The standard InChI is InChI=1S/C20H28F3N3O3/c1-19(2,3)29-18(28)25(4)12-14-6-5-11-26(13-14)17(27)24-16-9-7-15(8-10-16)20(21,22)23/h7-10,14H,5-6,11-13H2,1-4H3,(H,24,27). The van der Waals surface area contributed by atoms with Crippen LogP contribution in [0.25, 0.3) is 0 Å². The zero-order valence-electron chi connectivity index (χ0n) is 17.2. The Balaban J connectivity index is 1.89. The Morgan fingerprint density at radius 1 is 1.21 bits per heavy atom. The van der Waals surface area contributed by atoms with Crippen LogP contribution in [0.5, 0.6) is 0 Å². The van der Waals surface area contributed by atoms with Gasteiger partial charge < -0.3 is 19.9 Å². The third-order valence-electron chi connectivity index (χ3n) is 4.51. The average Bonchev–Trinajstić information content (AvgIpc) is 2.60. The van der Waals surface area contributed by atoms with Crippen molar-refractivity contribution in [1.29, 1.82) is 0 Å². The van der Waals surface area contributed by atoms with E-state index in [1.807, 2.05) is 0 Å². The minimum absolute atomic E-state index is 0.0969. The number of hydrogen-bond donors (Lipinski definition) is 1. The zero-order chi connectivity index (χ0) is 21.8. The van der Waals surface area contributed by atoms with Crippen LogP contribution in [0.1, 0.15) is 39.2 Å². The van der Waals surface area contributed by atoms with E-state index in [2.05, 4.69) is 5.32 Å². The summed E-state index contributed by atoms with van der Waals surface area (Å²) in [5.74, 6) is 0.0969. The Morgan fingerprint density at radius 3 is 2.38 bits per heavy atom. The van der Waals surface area contributed by atoms with E-state index in [-0.39, 0.29) is 11.9 Å². The van der Waals surface area contributed by atoms with E-state index in [0.29, 0.717) is 25.3 Å². The van der Waals surface area contributed by atoms with E-state index in [1.165, 1.54) is 17.0 Å². The van der Waals surface area contributed by atoms with Gasteiger partial charge >= 0.3 is 18.3 Å². The highest BCUT2D eigenvalue weighted by atomic mass is 19.4. The zero-order valence-corrected chi connectivity index (χ0v) is 17.2. The normalized spacial score (nSPS) is 17.6. The molecule has 1 unspecified atom stereocenters. The van der Waals surface area contributed by atoms with Gasteiger partial charge in [-0.05, 0) is 63.8 Å². The minimum Gasteiger partial charge on any atom is -0.444 e. The molecule has 1 aliphatic heterocycles. The number of ether oxygens (including phenoxy) is 1. The van der Waals surface area contributed by atoms with Gasteiger partial charge in [0.25, 0.3) is 0 Å². The first kappa shape index (κ1) is 22.8. The van der Waals surface area contributed by atoms with Crippen molar-refractivity contribution in [3.63, 3.8) is 0 Å². The average molecular weight is 415 g/mol. The molecule has 1 aromatic carbocycles. The summed E-state index contributed by atoms with van der Waals surface area (Å²) in [6, 6.07) is 3.97. The highest BCUT2D eigenvalue weighted by Gasteiger charge is 2.30. The lowest BCUT2D eigenvalue weighted by Crippen LogP contribution is -2.46. The molecule has 0 aliphatic carbocycles. The SMILES string of the molecule is CN(CC1CCCN(C(=O)Nc2ccc(C(F)(F)F)cc2)C1)C(=O)OC(C)(C)C. The van der Waals surface area contributed by atoms with Crippen molar-refractivity contribution in [2.24, 2.45) is 5.92 Å². The minimum atomic E-state index is -4.41. The Labute approximate surface area is 169 Å². The van der Waals surface area contributed by atoms with E-state index in [0.717, 1.165) is 25.0 Å². The van der Waals surface area contributed by atoms with E-state index >= 15 is 0 Å². The highest BCUT2D eigenvalue weighted by molar-refractivity contribution is 5.89. The first-order chi connectivity index (χ1) is 13.3. The molecule has 0 aromatic heterocycles. The lowest BCUT2D eigenvalue weighted by molar-refractivity contribution is -0.137. The summed E-state index contributed by atoms with van der Waals surface area (Å²) in [7, 11) is 1.66. The molecule has 0 bridgehead atoms. The van der Waals surface area contributed by atoms with Crippen molar-refractivity contribution in [3.8, 4) is 0 Å². The molecule has 162 valence electrons. The number of nitrogens with one attached hydrogen (secondary N) is 1. The molecule has 1 atom stereocenters. The van der Waals surface area contributed by atoms with E-state index in [4.69, 9.17) is 4.74 Å². The number of carbonyl (C=O) groups is 2. The maximum Gasteiger partial charge on any atom is 0.416 e. The lowest BCUT2D eigenvalue weighted by Gasteiger charge is -2.35. The number of amides is 3. The monoisotopic (exact) mass is 415 g/mol. The quantitative estimate of drug-likeness (QED) is 0.770. The second kappa shape index (κ2) is 8.92. The molecule has 6 nitrogen and oxygen atoms in total. The Bertz CT molecular complexity index is 714. The highest BCUT2D eigenvalue weighted by Crippen LogP contribution is 2.30. The number of urea groups is 1. The van der Waals surface area contributed by atoms with Crippen molar-refractivity contribution in [2.45, 2.75) is 45.4 Å². The summed E-state index contributed by atoms with van der Waals surface area (Å²) in [6.07, 6.45) is -3.17. The van der Waals surface area contributed by atoms with Crippen molar-refractivity contribution in [2.75, 3.05) is 32.0 Å². The van der Waals surface area contributed by atoms with E-state index < -0.39 is 23.4 Å². The van der Waals surface area contributed by atoms with Crippen LogP contribution < -0.4 is 5.32 Å². The van der Waals surface area contributed by atoms with Crippen LogP contribution in [-0.2, 0) is 10.9 Å². The maximum atomic E-state index is 12.6. The predicted molar refractivity (Wildman–Crippen MR) is 104 cm³/mol. The van der Waals surface area contributed by atoms with Gasteiger partial charge in [0, 0.05) is 32.4 Å². The smallest absolute Gasteiger partial charge is 0.416 e. The number of nitrogens with zero attached hydrogens (tertiary/aromatic N) is 2. The number of benzene rings is 1. The maximum absolute atomic E-state index is 12.6. The largest absolute Gasteiger partial charge is 0.444 e. The first-order valence-electron chi connectivity index (χ1n) is 9.52. The Morgan fingerprint density at radius 2 is 1.83 bits per heavy atom. The Hall–Kier alpha value is -2.45. The number of carbonyl (C=O) groups excluding carboxylic acids is 2. The lowest BCUT2D eigenvalue weighted by atomic mass is 9.98. The molecule has 29 heavy (non-hydrogen) atoms. The van der Waals surface area contributed by atoms with Gasteiger partial charge in [0.2, 0.25) is 0 Å². The Kier molecular flexibility index (Phi) is 7.02. The second-order valence-electron chi connectivity index (χ2n) is 8.32. The van der Waals surface area contributed by atoms with Gasteiger partial charge in [0.05, 0.1) is 5.56 Å². The summed E-state index contributed by atoms with van der Waals surface area (Å²) < 4.78 is 43.2. The fourth-order valence-electron chi connectivity index (χ4n) is 3.15. The molecule has 1 fully saturated rings. The van der Waals surface area contributed by atoms with Crippen LogP contribution in [0.15, 0.2) is 24.3 Å². The number of anilines is 1. The molecule has 1 aromatic rings. The predicted octanol–water partition coefficient (Wildman–Crippen LogP) is 4.82. The summed E-state index contributed by atoms with van der Waals surface area (Å²) in [5.41, 5.74) is -1.04. The third kappa shape index (κ3) is 7.14. The third-order valence-corrected chi connectivity index (χ3v) is 4.51. The number of halogens is 3. The topological polar surface area (TPSA) is 61.9 Å². The van der Waals surface area contributed by atoms with Crippen LogP contribution in [0.3, 0.4) is 0 Å². The fourth-order valence-corrected chi connectivity index (χ4v) is 3.15. The van der Waals surface area contributed by atoms with Gasteiger partial charge in [-0.2, -0.15) is 13.2 Å². The molecule has 1 heterocycles. The van der Waals surface area contributed by atoms with Crippen LogP contribution >= 0.6 is 0 Å². The van der Waals surface area contributed by atoms with Gasteiger partial charge in [-0.15, -0.1) is 0 Å². The molecule has 0 spiro atoms. The van der Waals surface area contributed by atoms with Gasteiger partial charge in [-0.25, -0.2) is 9.59 Å². The molecule has 1 N–H and O–H groups in total. The van der Waals surface area contributed by atoms with Crippen molar-refractivity contribution in [3.05, 3.63) is 29.8 Å². The van der Waals surface area contributed by atoms with Gasteiger partial charge in [0.15, 0.2) is 0 Å². The van der Waals surface area contributed by atoms with Crippen molar-refractivity contribution >= 4 is 17.8 Å². The molecule has 1 aliphatic rings. The molecular formula is C20H28F3N3O3. The molecule has 1 saturated heterocycles. The van der Waals surface area contributed by atoms with Gasteiger partial charge in [-0.1, -0.05) is 0 Å². The van der Waals surface area contributed by atoms with E-state index in [9.17, 15) is 22.8 Å². The molecule has 9 heteroatoms. The number of piperidine rings is 1. The van der Waals surface area contributed by atoms with Crippen LogP contribution in [0.2, 0.25) is 0 Å². The molecule has 0 radical (unpaired) electrons. The molecule has 0 saturated carbocycles. The van der Waals surface area contributed by atoms with Crippen LogP contribution in [0.4, 0.5) is 28.4 Å². The van der Waals surface area contributed by atoms with Crippen molar-refractivity contribution < 1.29 is 27.5 Å². The number of alkyl halides is 3. The number of likely N-dealkylation sites (tertiary alicyclic amines) is 1. The second-order valence-corrected chi connectivity index (χ2v) is 8.32. The summed E-state index contributed by atoms with van der Waals surface area (Å²) >= 11 is 0. The van der Waals surface area contributed by atoms with Gasteiger partial charge in [-0.3, -0.25) is 0 Å². The molecular weight excluding hydrogens is 387 g/mol.